The van der Waals surface area contributed by atoms with Crippen molar-refractivity contribution < 1.29 is 4.79 Å². The molecule has 11 heavy (non-hydrogen) atoms. The molecule has 0 radical (unpaired) electrons. The van der Waals surface area contributed by atoms with Gasteiger partial charge in [0.1, 0.15) is 0 Å². The largest absolute Gasteiger partial charge is 0.368 e. The van der Waals surface area contributed by atoms with Crippen LogP contribution in [0.1, 0.15) is 19.8 Å². The van der Waals surface area contributed by atoms with Gasteiger partial charge in [-0.2, -0.15) is 0 Å². The number of nitrogens with two attached hydrogens (primary N) is 1. The van der Waals surface area contributed by atoms with Crippen LogP contribution < -0.4 is 5.73 Å². The number of likely N-dealkylation sites (tertiary alicyclic amines) is 1. The predicted octanol–water partition coefficient (Wildman–Crippen LogP) is 0.202. The van der Waals surface area contributed by atoms with Gasteiger partial charge >= 0.3 is 0 Å². The Morgan fingerprint density at radius 3 is 2.64 bits per heavy atom. The van der Waals surface area contributed by atoms with E-state index in [1.165, 1.54) is 6.42 Å². The Bertz CT molecular complexity index is 148. The summed E-state index contributed by atoms with van der Waals surface area (Å²) in [5.41, 5.74) is 5.27. The quantitative estimate of drug-likeness (QED) is 0.589. The highest BCUT2D eigenvalue weighted by Crippen LogP contribution is 2.20. The highest BCUT2D eigenvalue weighted by atomic mass is 16.1. The van der Waals surface area contributed by atoms with Crippen LogP contribution in [-0.4, -0.2) is 30.4 Å². The van der Waals surface area contributed by atoms with E-state index in [-0.39, 0.29) is 11.9 Å². The van der Waals surface area contributed by atoms with E-state index in [1.54, 1.807) is 0 Å². The number of nitrogens with zero attached hydrogens (tertiary/aromatic N) is 1. The summed E-state index contributed by atoms with van der Waals surface area (Å²) in [7, 11) is 1.96. The summed E-state index contributed by atoms with van der Waals surface area (Å²) in [6.45, 7) is 3.09. The van der Waals surface area contributed by atoms with E-state index in [9.17, 15) is 4.79 Å². The van der Waals surface area contributed by atoms with Crippen molar-refractivity contribution in [3.8, 4) is 0 Å². The molecule has 64 valence electrons. The summed E-state index contributed by atoms with van der Waals surface area (Å²) in [5.74, 6) is 0.242. The van der Waals surface area contributed by atoms with Crippen molar-refractivity contribution in [3.63, 3.8) is 0 Å². The van der Waals surface area contributed by atoms with Crippen LogP contribution in [0.15, 0.2) is 0 Å². The minimum Gasteiger partial charge on any atom is -0.368 e. The Balaban J connectivity index is 2.62. The summed E-state index contributed by atoms with van der Waals surface area (Å²) in [5, 5.41) is 0. The molecule has 0 saturated carbocycles. The molecule has 1 heterocycles. The first-order valence-electron chi connectivity index (χ1n) is 4.12. The van der Waals surface area contributed by atoms with E-state index in [2.05, 4.69) is 11.8 Å². The molecule has 2 N–H and O–H groups in total. The van der Waals surface area contributed by atoms with E-state index in [1.807, 2.05) is 7.05 Å². The van der Waals surface area contributed by atoms with Crippen LogP contribution in [-0.2, 0) is 4.79 Å². The first-order chi connectivity index (χ1) is 5.13. The monoisotopic (exact) mass is 156 g/mol. The van der Waals surface area contributed by atoms with Crippen LogP contribution in [0.3, 0.4) is 0 Å². The van der Waals surface area contributed by atoms with Crippen molar-refractivity contribution >= 4 is 5.91 Å². The van der Waals surface area contributed by atoms with Gasteiger partial charge in [0.2, 0.25) is 5.91 Å². The van der Waals surface area contributed by atoms with Crippen molar-refractivity contribution in [3.05, 3.63) is 0 Å². The van der Waals surface area contributed by atoms with Gasteiger partial charge in [-0.25, -0.2) is 0 Å². The summed E-state index contributed by atoms with van der Waals surface area (Å²) in [6, 6.07) is -0.0382. The summed E-state index contributed by atoms with van der Waals surface area (Å²) >= 11 is 0. The lowest BCUT2D eigenvalue weighted by Crippen LogP contribution is -2.49. The predicted molar refractivity (Wildman–Crippen MR) is 44.0 cm³/mol. The fourth-order valence-electron chi connectivity index (χ4n) is 1.89. The van der Waals surface area contributed by atoms with Gasteiger partial charge in [-0.1, -0.05) is 6.92 Å². The molecule has 2 atom stereocenters. The van der Waals surface area contributed by atoms with Crippen LogP contribution in [0.2, 0.25) is 0 Å². The molecule has 0 unspecified atom stereocenters. The number of likely N-dealkylation sites (N-methyl/N-ethyl adjacent to an activating group) is 1. The molecule has 0 bridgehead atoms. The molecule has 3 heteroatoms. The maximum Gasteiger partial charge on any atom is 0.235 e. The van der Waals surface area contributed by atoms with Gasteiger partial charge in [-0.15, -0.1) is 0 Å². The summed E-state index contributed by atoms with van der Waals surface area (Å²) in [4.78, 5) is 13.0. The van der Waals surface area contributed by atoms with Crippen LogP contribution in [0.4, 0.5) is 0 Å². The second-order valence-electron chi connectivity index (χ2n) is 3.45. The maximum absolute atomic E-state index is 11.0. The number of carbonyl (C=O) groups is 1. The second-order valence-corrected chi connectivity index (χ2v) is 3.45. The topological polar surface area (TPSA) is 46.3 Å². The van der Waals surface area contributed by atoms with Crippen molar-refractivity contribution in [2.75, 3.05) is 13.6 Å². The average Bonchev–Trinajstić information content (AvgIpc) is 1.85. The normalized spacial score (nSPS) is 33.6. The van der Waals surface area contributed by atoms with Gasteiger partial charge in [0.05, 0.1) is 6.04 Å². The van der Waals surface area contributed by atoms with Crippen LogP contribution in [0.5, 0.6) is 0 Å². The van der Waals surface area contributed by atoms with Crippen molar-refractivity contribution in [2.24, 2.45) is 11.7 Å². The Hall–Kier alpha value is -0.570. The highest BCUT2D eigenvalue weighted by molar-refractivity contribution is 5.80. The number of primary amides is 1. The molecule has 1 fully saturated rings. The van der Waals surface area contributed by atoms with Crippen molar-refractivity contribution in [2.45, 2.75) is 25.8 Å². The molecular weight excluding hydrogens is 140 g/mol. The molecule has 0 aromatic carbocycles. The van der Waals surface area contributed by atoms with Gasteiger partial charge in [0, 0.05) is 0 Å². The third-order valence-electron chi connectivity index (χ3n) is 2.48. The molecular formula is C8H16N2O. The van der Waals surface area contributed by atoms with Gasteiger partial charge in [0.25, 0.3) is 0 Å². The van der Waals surface area contributed by atoms with Gasteiger partial charge in [-0.3, -0.25) is 9.69 Å². The Kier molecular flexibility index (Phi) is 2.49. The Morgan fingerprint density at radius 2 is 2.27 bits per heavy atom. The standard InChI is InChI=1S/C8H16N2O/c1-6-4-3-5-10(2)7(6)8(9)11/h6-7H,3-5H2,1-2H3,(H2,9,11)/t6-,7-/m0/s1. The SMILES string of the molecule is C[C@H]1CCCN(C)[C@@H]1C(N)=O. The Labute approximate surface area is 67.5 Å². The van der Waals surface area contributed by atoms with Crippen LogP contribution in [0, 0.1) is 5.92 Å². The van der Waals surface area contributed by atoms with Crippen LogP contribution >= 0.6 is 0 Å². The zero-order valence-corrected chi connectivity index (χ0v) is 7.21. The molecule has 0 aromatic rings. The summed E-state index contributed by atoms with van der Waals surface area (Å²) < 4.78 is 0. The minimum atomic E-state index is -0.181. The fourth-order valence-corrected chi connectivity index (χ4v) is 1.89. The number of hydrogen-bond donors (Lipinski definition) is 1. The zero-order chi connectivity index (χ0) is 8.43. The van der Waals surface area contributed by atoms with Crippen LogP contribution in [0.25, 0.3) is 0 Å². The number of piperidine rings is 1. The first-order valence-corrected chi connectivity index (χ1v) is 4.12. The van der Waals surface area contributed by atoms with Gasteiger partial charge in [-0.05, 0) is 32.4 Å². The third-order valence-corrected chi connectivity index (χ3v) is 2.48. The lowest BCUT2D eigenvalue weighted by molar-refractivity contribution is -0.125. The van der Waals surface area contributed by atoms with Crippen molar-refractivity contribution in [1.29, 1.82) is 0 Å². The van der Waals surface area contributed by atoms with Gasteiger partial charge in [0.15, 0.2) is 0 Å². The van der Waals surface area contributed by atoms with E-state index < -0.39 is 0 Å². The fraction of sp³-hybridized carbons (Fsp3) is 0.875. The highest BCUT2D eigenvalue weighted by Gasteiger charge is 2.29. The molecule has 0 aliphatic carbocycles. The third kappa shape index (κ3) is 1.71. The maximum atomic E-state index is 11.0. The smallest absolute Gasteiger partial charge is 0.235 e. The molecule has 1 saturated heterocycles. The van der Waals surface area contributed by atoms with E-state index in [0.29, 0.717) is 5.92 Å². The van der Waals surface area contributed by atoms with E-state index in [0.717, 1.165) is 13.0 Å². The van der Waals surface area contributed by atoms with Crippen molar-refractivity contribution in [1.82, 2.24) is 4.90 Å². The molecule has 1 aliphatic rings. The van der Waals surface area contributed by atoms with Gasteiger partial charge < -0.3 is 5.73 Å². The molecule has 3 nitrogen and oxygen atoms in total. The molecule has 0 spiro atoms. The number of hydrogen-bond acceptors (Lipinski definition) is 2. The first kappa shape index (κ1) is 8.53. The summed E-state index contributed by atoms with van der Waals surface area (Å²) in [6.07, 6.45) is 2.30. The molecule has 1 amide bonds. The lowest BCUT2D eigenvalue weighted by Gasteiger charge is -2.35. The molecule has 1 aliphatic heterocycles. The minimum absolute atomic E-state index is 0.0382. The molecule has 0 aromatic heterocycles. The Morgan fingerprint density at radius 1 is 1.64 bits per heavy atom. The average molecular weight is 156 g/mol. The number of carbonyl (C=O) groups excluding carboxylic acids is 1. The van der Waals surface area contributed by atoms with E-state index >= 15 is 0 Å². The zero-order valence-electron chi connectivity index (χ0n) is 7.21. The molecule has 1 rings (SSSR count). The van der Waals surface area contributed by atoms with E-state index in [4.69, 9.17) is 5.73 Å². The second kappa shape index (κ2) is 3.22. The number of amides is 1. The number of rotatable bonds is 1. The lowest BCUT2D eigenvalue weighted by atomic mass is 9.91.